The summed E-state index contributed by atoms with van der Waals surface area (Å²) in [4.78, 5) is 7.08. The Morgan fingerprint density at radius 2 is 2.00 bits per heavy atom. The van der Waals surface area contributed by atoms with Gasteiger partial charge in [0, 0.05) is 31.6 Å². The van der Waals surface area contributed by atoms with Crippen molar-refractivity contribution in [2.75, 3.05) is 24.5 Å². The molecule has 5 nitrogen and oxygen atoms in total. The molecule has 3 aliphatic rings. The highest BCUT2D eigenvalue weighted by molar-refractivity contribution is 5.32. The maximum Gasteiger partial charge on any atom is 0.244 e. The summed E-state index contributed by atoms with van der Waals surface area (Å²) in [6.07, 6.45) is 5.62. The third-order valence-corrected chi connectivity index (χ3v) is 5.11. The lowest BCUT2D eigenvalue weighted by Crippen LogP contribution is -2.49. The van der Waals surface area contributed by atoms with E-state index in [2.05, 4.69) is 27.3 Å². The first-order chi connectivity index (χ1) is 9.33. The largest absolute Gasteiger partial charge is 0.337 e. The Labute approximate surface area is 114 Å². The quantitative estimate of drug-likeness (QED) is 0.847. The van der Waals surface area contributed by atoms with E-state index in [1.807, 2.05) is 0 Å². The first-order valence-electron chi connectivity index (χ1n) is 7.73. The SMILES string of the molecule is C[C@H]1CN(c2n[nH]c(C3C4CCCCC43)n2)CCN1. The van der Waals surface area contributed by atoms with Crippen LogP contribution in [0.3, 0.4) is 0 Å². The van der Waals surface area contributed by atoms with E-state index in [9.17, 15) is 0 Å². The molecule has 5 heteroatoms. The molecule has 19 heavy (non-hydrogen) atoms. The number of fused-ring (bicyclic) bond motifs is 1. The minimum absolute atomic E-state index is 0.527. The van der Waals surface area contributed by atoms with Gasteiger partial charge in [0.1, 0.15) is 5.82 Å². The summed E-state index contributed by atoms with van der Waals surface area (Å²) in [5.41, 5.74) is 0. The molecule has 1 saturated heterocycles. The van der Waals surface area contributed by atoms with Crippen molar-refractivity contribution in [1.29, 1.82) is 0 Å². The lowest BCUT2D eigenvalue weighted by Gasteiger charge is -2.30. The minimum atomic E-state index is 0.527. The zero-order valence-electron chi connectivity index (χ0n) is 11.6. The highest BCUT2D eigenvalue weighted by atomic mass is 15.4. The molecular weight excluding hydrogens is 238 g/mol. The summed E-state index contributed by atoms with van der Waals surface area (Å²) in [5.74, 6) is 4.54. The van der Waals surface area contributed by atoms with E-state index in [1.165, 1.54) is 25.7 Å². The molecule has 0 aromatic carbocycles. The molecule has 1 aromatic rings. The van der Waals surface area contributed by atoms with Crippen molar-refractivity contribution < 1.29 is 0 Å². The Morgan fingerprint density at radius 3 is 2.74 bits per heavy atom. The van der Waals surface area contributed by atoms with E-state index in [1.54, 1.807) is 0 Å². The van der Waals surface area contributed by atoms with Crippen LogP contribution in [-0.2, 0) is 0 Å². The third-order valence-electron chi connectivity index (χ3n) is 5.11. The van der Waals surface area contributed by atoms with E-state index in [0.29, 0.717) is 12.0 Å². The van der Waals surface area contributed by atoms with Gasteiger partial charge in [-0.3, -0.25) is 5.10 Å². The second-order valence-corrected chi connectivity index (χ2v) is 6.46. The van der Waals surface area contributed by atoms with Crippen molar-refractivity contribution >= 4 is 5.95 Å². The molecule has 0 spiro atoms. The predicted molar refractivity (Wildman–Crippen MR) is 74.2 cm³/mol. The summed E-state index contributed by atoms with van der Waals surface area (Å²) < 4.78 is 0. The van der Waals surface area contributed by atoms with Gasteiger partial charge in [0.05, 0.1) is 0 Å². The maximum absolute atomic E-state index is 4.79. The summed E-state index contributed by atoms with van der Waals surface area (Å²) in [6.45, 7) is 5.27. The van der Waals surface area contributed by atoms with Gasteiger partial charge in [-0.15, -0.1) is 5.10 Å². The summed E-state index contributed by atoms with van der Waals surface area (Å²) in [5, 5.41) is 11.1. The number of H-pyrrole nitrogens is 1. The fourth-order valence-electron chi connectivity index (χ4n) is 4.07. The second kappa shape index (κ2) is 4.47. The number of anilines is 1. The first-order valence-corrected chi connectivity index (χ1v) is 7.73. The second-order valence-electron chi connectivity index (χ2n) is 6.46. The molecule has 2 aliphatic carbocycles. The molecule has 4 rings (SSSR count). The van der Waals surface area contributed by atoms with E-state index in [4.69, 9.17) is 4.98 Å². The molecule has 2 saturated carbocycles. The van der Waals surface area contributed by atoms with Gasteiger partial charge < -0.3 is 10.2 Å². The average molecular weight is 261 g/mol. The number of hydrogen-bond acceptors (Lipinski definition) is 4. The van der Waals surface area contributed by atoms with Gasteiger partial charge in [-0.1, -0.05) is 12.8 Å². The van der Waals surface area contributed by atoms with Crippen LogP contribution in [0.1, 0.15) is 44.3 Å². The smallest absolute Gasteiger partial charge is 0.244 e. The molecule has 2 N–H and O–H groups in total. The van der Waals surface area contributed by atoms with Crippen molar-refractivity contribution in [3.8, 4) is 0 Å². The van der Waals surface area contributed by atoms with Crippen molar-refractivity contribution in [3.05, 3.63) is 5.82 Å². The van der Waals surface area contributed by atoms with Gasteiger partial charge in [0.15, 0.2) is 0 Å². The van der Waals surface area contributed by atoms with Gasteiger partial charge in [0.2, 0.25) is 5.95 Å². The number of nitrogens with zero attached hydrogens (tertiary/aromatic N) is 3. The number of aromatic nitrogens is 3. The van der Waals surface area contributed by atoms with E-state index < -0.39 is 0 Å². The molecule has 0 bridgehead atoms. The van der Waals surface area contributed by atoms with Gasteiger partial charge in [-0.25, -0.2) is 0 Å². The molecule has 2 unspecified atom stereocenters. The van der Waals surface area contributed by atoms with Gasteiger partial charge in [-0.2, -0.15) is 4.98 Å². The lowest BCUT2D eigenvalue weighted by atomic mass is 10.0. The van der Waals surface area contributed by atoms with Crippen LogP contribution in [0.15, 0.2) is 0 Å². The highest BCUT2D eigenvalue weighted by Gasteiger charge is 2.53. The summed E-state index contributed by atoms with van der Waals surface area (Å²) in [6, 6.07) is 0.527. The zero-order chi connectivity index (χ0) is 12.8. The van der Waals surface area contributed by atoms with E-state index >= 15 is 0 Å². The Hall–Kier alpha value is -1.10. The molecule has 3 atom stereocenters. The number of rotatable bonds is 2. The van der Waals surface area contributed by atoms with Crippen LogP contribution < -0.4 is 10.2 Å². The topological polar surface area (TPSA) is 56.8 Å². The molecular formula is C14H23N5. The van der Waals surface area contributed by atoms with Crippen LogP contribution >= 0.6 is 0 Å². The monoisotopic (exact) mass is 261 g/mol. The normalized spacial score (nSPS) is 38.1. The Morgan fingerprint density at radius 1 is 1.21 bits per heavy atom. The Bertz CT molecular complexity index is 428. The standard InChI is InChI=1S/C14H23N5/c1-9-8-19(7-6-15-9)14-16-13(17-18-14)12-10-4-2-3-5-11(10)12/h9-12,15H,2-8H2,1H3,(H,16,17,18)/t9-,10?,11?,12?/m0/s1. The zero-order valence-corrected chi connectivity index (χ0v) is 11.6. The maximum atomic E-state index is 4.79. The van der Waals surface area contributed by atoms with Crippen molar-refractivity contribution in [3.63, 3.8) is 0 Å². The van der Waals surface area contributed by atoms with Gasteiger partial charge in [0.25, 0.3) is 0 Å². The van der Waals surface area contributed by atoms with Crippen LogP contribution in [0.5, 0.6) is 0 Å². The van der Waals surface area contributed by atoms with Crippen LogP contribution in [0.4, 0.5) is 5.95 Å². The summed E-state index contributed by atoms with van der Waals surface area (Å²) >= 11 is 0. The number of piperazine rings is 1. The van der Waals surface area contributed by atoms with Gasteiger partial charge >= 0.3 is 0 Å². The fraction of sp³-hybridized carbons (Fsp3) is 0.857. The summed E-state index contributed by atoms with van der Waals surface area (Å²) in [7, 11) is 0. The van der Waals surface area contributed by atoms with Crippen LogP contribution in [0.25, 0.3) is 0 Å². The molecule has 0 amide bonds. The van der Waals surface area contributed by atoms with Crippen LogP contribution in [-0.4, -0.2) is 40.9 Å². The van der Waals surface area contributed by atoms with Crippen LogP contribution in [0.2, 0.25) is 0 Å². The third kappa shape index (κ3) is 2.04. The molecule has 1 aliphatic heterocycles. The number of nitrogens with one attached hydrogen (secondary N) is 2. The molecule has 1 aromatic heterocycles. The minimum Gasteiger partial charge on any atom is -0.337 e. The number of hydrogen-bond donors (Lipinski definition) is 2. The van der Waals surface area contributed by atoms with Crippen molar-refractivity contribution in [2.45, 2.75) is 44.6 Å². The highest BCUT2D eigenvalue weighted by Crippen LogP contribution is 2.60. The fourth-order valence-corrected chi connectivity index (χ4v) is 4.07. The Kier molecular flexibility index (Phi) is 2.76. The molecule has 2 heterocycles. The van der Waals surface area contributed by atoms with Crippen molar-refractivity contribution in [2.24, 2.45) is 11.8 Å². The lowest BCUT2D eigenvalue weighted by molar-refractivity contribution is 0.479. The van der Waals surface area contributed by atoms with Crippen molar-refractivity contribution in [1.82, 2.24) is 20.5 Å². The number of aromatic amines is 1. The molecule has 0 radical (unpaired) electrons. The van der Waals surface area contributed by atoms with E-state index in [-0.39, 0.29) is 0 Å². The Balaban J connectivity index is 1.48. The predicted octanol–water partition coefficient (Wildman–Crippen LogP) is 1.51. The average Bonchev–Trinajstić information content (AvgIpc) is 2.96. The first kappa shape index (κ1) is 11.7. The van der Waals surface area contributed by atoms with Gasteiger partial charge in [-0.05, 0) is 31.6 Å². The molecule has 3 fully saturated rings. The van der Waals surface area contributed by atoms with Crippen LogP contribution in [0, 0.1) is 11.8 Å². The molecule has 104 valence electrons. The van der Waals surface area contributed by atoms with E-state index in [0.717, 1.165) is 43.2 Å².